The molecule has 1 rings (SSSR count). The molecule has 0 aliphatic rings. The van der Waals surface area contributed by atoms with Crippen molar-refractivity contribution in [2.24, 2.45) is 0 Å². The zero-order valence-electron chi connectivity index (χ0n) is 9.04. The van der Waals surface area contributed by atoms with Crippen LogP contribution in [-0.4, -0.2) is 29.0 Å². The van der Waals surface area contributed by atoms with Crippen LogP contribution in [0.3, 0.4) is 0 Å². The number of thioether (sulfide) groups is 1. The van der Waals surface area contributed by atoms with Crippen LogP contribution in [0, 0.1) is 10.1 Å². The van der Waals surface area contributed by atoms with Crippen molar-refractivity contribution in [2.45, 2.75) is 17.1 Å². The molecule has 0 amide bonds. The summed E-state index contributed by atoms with van der Waals surface area (Å²) >= 11 is 1.26. The average Bonchev–Trinajstić information content (AvgIpc) is 2.28. The summed E-state index contributed by atoms with van der Waals surface area (Å²) in [6.45, 7) is 1.77. The van der Waals surface area contributed by atoms with Crippen LogP contribution in [0.15, 0.2) is 23.1 Å². The van der Waals surface area contributed by atoms with E-state index in [9.17, 15) is 10.1 Å². The Hall–Kier alpha value is -1.27. The molecule has 0 spiro atoms. The molecule has 0 radical (unpaired) electrons. The van der Waals surface area contributed by atoms with Gasteiger partial charge in [-0.05, 0) is 6.07 Å². The number of hydrogen-bond donors (Lipinski definition) is 1. The first kappa shape index (κ1) is 12.8. The number of aliphatic hydroxyl groups is 1. The number of methoxy groups -OCH3 is 1. The number of nitro groups is 1. The molecule has 88 valence electrons. The molecule has 0 aromatic heterocycles. The van der Waals surface area contributed by atoms with Crippen molar-refractivity contribution in [1.29, 1.82) is 0 Å². The second-order valence-corrected chi connectivity index (χ2v) is 4.68. The van der Waals surface area contributed by atoms with Gasteiger partial charge in [-0.15, -0.1) is 11.8 Å². The van der Waals surface area contributed by atoms with Gasteiger partial charge >= 0.3 is 0 Å². The molecule has 0 aliphatic heterocycles. The molecule has 0 saturated heterocycles. The summed E-state index contributed by atoms with van der Waals surface area (Å²) in [7, 11) is 1.51. The summed E-state index contributed by atoms with van der Waals surface area (Å²) in [5, 5.41) is 19.6. The highest BCUT2D eigenvalue weighted by molar-refractivity contribution is 8.00. The number of nitro benzene ring substituents is 1. The third kappa shape index (κ3) is 3.11. The fourth-order valence-corrected chi connectivity index (χ4v) is 2.08. The molecule has 1 aromatic rings. The predicted octanol–water partition coefficient (Wildman–Crippen LogP) is 2.08. The van der Waals surface area contributed by atoms with Crippen LogP contribution < -0.4 is 4.74 Å². The van der Waals surface area contributed by atoms with Gasteiger partial charge in [0.05, 0.1) is 23.5 Å². The highest BCUT2D eigenvalue weighted by Gasteiger charge is 2.17. The average molecular weight is 243 g/mol. The van der Waals surface area contributed by atoms with Crippen molar-refractivity contribution >= 4 is 17.4 Å². The van der Waals surface area contributed by atoms with Crippen LogP contribution in [0.25, 0.3) is 0 Å². The van der Waals surface area contributed by atoms with Crippen molar-refractivity contribution in [1.82, 2.24) is 0 Å². The molecular weight excluding hydrogens is 230 g/mol. The van der Waals surface area contributed by atoms with Crippen LogP contribution in [0.2, 0.25) is 0 Å². The first-order valence-electron chi connectivity index (χ1n) is 4.68. The SMILES string of the molecule is COc1ccc([N+](=O)[O-])c(SC(C)CO)c1. The fourth-order valence-electron chi connectivity index (χ4n) is 1.12. The number of benzene rings is 1. The number of rotatable bonds is 5. The Morgan fingerprint density at radius 3 is 2.81 bits per heavy atom. The monoisotopic (exact) mass is 243 g/mol. The summed E-state index contributed by atoms with van der Waals surface area (Å²) < 4.78 is 5.01. The van der Waals surface area contributed by atoms with E-state index in [0.29, 0.717) is 10.6 Å². The summed E-state index contributed by atoms with van der Waals surface area (Å²) in [5.41, 5.74) is 0.0334. The maximum atomic E-state index is 10.8. The second kappa shape index (κ2) is 5.72. The van der Waals surface area contributed by atoms with Crippen molar-refractivity contribution in [3.05, 3.63) is 28.3 Å². The van der Waals surface area contributed by atoms with Crippen molar-refractivity contribution in [3.8, 4) is 5.75 Å². The van der Waals surface area contributed by atoms with E-state index >= 15 is 0 Å². The van der Waals surface area contributed by atoms with E-state index in [1.807, 2.05) is 0 Å². The molecule has 1 N–H and O–H groups in total. The summed E-state index contributed by atoms with van der Waals surface area (Å²) in [5.74, 6) is 0.568. The van der Waals surface area contributed by atoms with Gasteiger partial charge in [0.15, 0.2) is 0 Å². The first-order valence-corrected chi connectivity index (χ1v) is 5.56. The minimum absolute atomic E-state index is 0.0287. The van der Waals surface area contributed by atoms with Crippen LogP contribution in [0.4, 0.5) is 5.69 Å². The lowest BCUT2D eigenvalue weighted by molar-refractivity contribution is -0.387. The van der Waals surface area contributed by atoms with Gasteiger partial charge < -0.3 is 9.84 Å². The molecule has 1 aromatic carbocycles. The van der Waals surface area contributed by atoms with E-state index in [-0.39, 0.29) is 17.5 Å². The van der Waals surface area contributed by atoms with Crippen LogP contribution >= 0.6 is 11.8 Å². The van der Waals surface area contributed by atoms with Gasteiger partial charge in [-0.1, -0.05) is 6.92 Å². The maximum absolute atomic E-state index is 10.8. The fraction of sp³-hybridized carbons (Fsp3) is 0.400. The van der Waals surface area contributed by atoms with E-state index in [1.165, 1.54) is 24.9 Å². The van der Waals surface area contributed by atoms with E-state index in [1.54, 1.807) is 19.1 Å². The Balaban J connectivity index is 3.05. The highest BCUT2D eigenvalue weighted by atomic mass is 32.2. The molecule has 0 bridgehead atoms. The van der Waals surface area contributed by atoms with E-state index in [4.69, 9.17) is 9.84 Å². The predicted molar refractivity (Wildman–Crippen MR) is 62.1 cm³/mol. The molecule has 1 atom stereocenters. The Labute approximate surface area is 97.6 Å². The molecule has 6 heteroatoms. The van der Waals surface area contributed by atoms with E-state index < -0.39 is 4.92 Å². The van der Waals surface area contributed by atoms with Crippen LogP contribution in [0.1, 0.15) is 6.92 Å². The Kier molecular flexibility index (Phi) is 4.57. The minimum Gasteiger partial charge on any atom is -0.497 e. The van der Waals surface area contributed by atoms with E-state index in [2.05, 4.69) is 0 Å². The second-order valence-electron chi connectivity index (χ2n) is 3.20. The standard InChI is InChI=1S/C10H13NO4S/c1-7(6-12)16-10-5-8(15-2)3-4-9(10)11(13)14/h3-5,7,12H,6H2,1-2H3. The molecular formula is C10H13NO4S. The molecule has 16 heavy (non-hydrogen) atoms. The summed E-state index contributed by atoms with van der Waals surface area (Å²) in [4.78, 5) is 10.8. The number of nitrogens with zero attached hydrogens (tertiary/aromatic N) is 1. The number of hydrogen-bond acceptors (Lipinski definition) is 5. The number of ether oxygens (including phenoxy) is 1. The quantitative estimate of drug-likeness (QED) is 0.487. The Bertz CT molecular complexity index is 383. The maximum Gasteiger partial charge on any atom is 0.283 e. The molecule has 0 aliphatic carbocycles. The molecule has 1 unspecified atom stereocenters. The zero-order chi connectivity index (χ0) is 12.1. The molecule has 0 saturated carbocycles. The normalized spacial score (nSPS) is 12.2. The van der Waals surface area contributed by atoms with Gasteiger partial charge in [-0.3, -0.25) is 10.1 Å². The summed E-state index contributed by atoms with van der Waals surface area (Å²) in [6.07, 6.45) is 0. The zero-order valence-corrected chi connectivity index (χ0v) is 9.86. The van der Waals surface area contributed by atoms with Gasteiger partial charge in [0.1, 0.15) is 5.75 Å². The largest absolute Gasteiger partial charge is 0.497 e. The number of aliphatic hydroxyl groups excluding tert-OH is 1. The van der Waals surface area contributed by atoms with Crippen molar-refractivity contribution in [3.63, 3.8) is 0 Å². The lowest BCUT2D eigenvalue weighted by Crippen LogP contribution is -2.03. The van der Waals surface area contributed by atoms with Gasteiger partial charge in [0.2, 0.25) is 0 Å². The highest BCUT2D eigenvalue weighted by Crippen LogP contribution is 2.34. The van der Waals surface area contributed by atoms with Gasteiger partial charge in [0.25, 0.3) is 5.69 Å². The third-order valence-electron chi connectivity index (χ3n) is 1.95. The van der Waals surface area contributed by atoms with Gasteiger partial charge in [-0.25, -0.2) is 0 Å². The van der Waals surface area contributed by atoms with Gasteiger partial charge in [-0.2, -0.15) is 0 Å². The summed E-state index contributed by atoms with van der Waals surface area (Å²) in [6, 6.07) is 4.56. The lowest BCUT2D eigenvalue weighted by atomic mass is 10.3. The topological polar surface area (TPSA) is 72.6 Å². The Morgan fingerprint density at radius 1 is 1.62 bits per heavy atom. The molecule has 0 fully saturated rings. The lowest BCUT2D eigenvalue weighted by Gasteiger charge is -2.09. The first-order chi connectivity index (χ1) is 7.58. The van der Waals surface area contributed by atoms with Crippen molar-refractivity contribution in [2.75, 3.05) is 13.7 Å². The minimum atomic E-state index is -0.439. The van der Waals surface area contributed by atoms with Crippen molar-refractivity contribution < 1.29 is 14.8 Å². The molecule has 0 heterocycles. The van der Waals surface area contributed by atoms with E-state index in [0.717, 1.165) is 0 Å². The third-order valence-corrected chi connectivity index (χ3v) is 3.08. The van der Waals surface area contributed by atoms with Gasteiger partial charge in [0, 0.05) is 17.4 Å². The molecule has 5 nitrogen and oxygen atoms in total. The smallest absolute Gasteiger partial charge is 0.283 e. The van der Waals surface area contributed by atoms with Crippen LogP contribution in [-0.2, 0) is 0 Å². The van der Waals surface area contributed by atoms with Crippen LogP contribution in [0.5, 0.6) is 5.75 Å². The Morgan fingerprint density at radius 2 is 2.31 bits per heavy atom.